The van der Waals surface area contributed by atoms with E-state index in [1.807, 2.05) is 0 Å². The van der Waals surface area contributed by atoms with Crippen LogP contribution in [-0.4, -0.2) is 16.5 Å². The van der Waals surface area contributed by atoms with E-state index in [-0.39, 0.29) is 16.1 Å². The van der Waals surface area contributed by atoms with Crippen LogP contribution in [0.2, 0.25) is 5.02 Å². The molecule has 0 atom stereocenters. The summed E-state index contributed by atoms with van der Waals surface area (Å²) < 4.78 is 0. The average Bonchev–Trinajstić information content (AvgIpc) is 2.86. The number of hydrogen-bond acceptors (Lipinski definition) is 4. The fraction of sp³-hybridized carbons (Fsp3) is 0.615. The van der Waals surface area contributed by atoms with Crippen molar-refractivity contribution in [2.24, 2.45) is 5.41 Å². The maximum absolute atomic E-state index is 11.0. The minimum Gasteiger partial charge on any atom is -0.364 e. The van der Waals surface area contributed by atoms with E-state index in [2.05, 4.69) is 17.2 Å². The standard InChI is InChI=1S/C13H18ClN3O2/c1-2-13(5-3-4-6-13)9-16-12-11(17(18)19)7-10(14)8-15-12/h7-8H,2-6,9H2,1H3,(H,15,16). The van der Waals surface area contributed by atoms with Gasteiger partial charge in [0, 0.05) is 18.8 Å². The summed E-state index contributed by atoms with van der Waals surface area (Å²) in [7, 11) is 0. The molecule has 2 rings (SSSR count). The van der Waals surface area contributed by atoms with Crippen molar-refractivity contribution in [1.82, 2.24) is 4.98 Å². The van der Waals surface area contributed by atoms with Gasteiger partial charge >= 0.3 is 5.69 Å². The Morgan fingerprint density at radius 2 is 2.21 bits per heavy atom. The lowest BCUT2D eigenvalue weighted by molar-refractivity contribution is -0.384. The Morgan fingerprint density at radius 1 is 1.53 bits per heavy atom. The van der Waals surface area contributed by atoms with E-state index in [9.17, 15) is 10.1 Å². The molecule has 1 aliphatic rings. The number of nitro groups is 1. The summed E-state index contributed by atoms with van der Waals surface area (Å²) >= 11 is 5.75. The van der Waals surface area contributed by atoms with Gasteiger partial charge in [-0.2, -0.15) is 0 Å². The van der Waals surface area contributed by atoms with Crippen LogP contribution in [0, 0.1) is 15.5 Å². The summed E-state index contributed by atoms with van der Waals surface area (Å²) in [5.74, 6) is 0.314. The fourth-order valence-electron chi connectivity index (χ4n) is 2.76. The lowest BCUT2D eigenvalue weighted by Crippen LogP contribution is -2.26. The molecule has 0 unspecified atom stereocenters. The summed E-state index contributed by atoms with van der Waals surface area (Å²) in [5, 5.41) is 14.4. The predicted molar refractivity (Wildman–Crippen MR) is 75.6 cm³/mol. The van der Waals surface area contributed by atoms with E-state index in [0.29, 0.717) is 5.82 Å². The minimum absolute atomic E-state index is 0.0586. The van der Waals surface area contributed by atoms with Crippen molar-refractivity contribution in [2.45, 2.75) is 39.0 Å². The van der Waals surface area contributed by atoms with Gasteiger partial charge in [0.2, 0.25) is 5.82 Å². The molecule has 1 aliphatic carbocycles. The highest BCUT2D eigenvalue weighted by Crippen LogP contribution is 2.41. The number of hydrogen-bond donors (Lipinski definition) is 1. The molecule has 1 saturated carbocycles. The highest BCUT2D eigenvalue weighted by molar-refractivity contribution is 6.30. The van der Waals surface area contributed by atoms with Gasteiger partial charge in [0.05, 0.1) is 9.95 Å². The zero-order valence-corrected chi connectivity index (χ0v) is 11.7. The van der Waals surface area contributed by atoms with E-state index < -0.39 is 4.92 Å². The van der Waals surface area contributed by atoms with Crippen molar-refractivity contribution in [2.75, 3.05) is 11.9 Å². The SMILES string of the molecule is CCC1(CNc2ncc(Cl)cc2[N+](=O)[O-])CCCC1. The molecule has 0 spiro atoms. The number of aromatic nitrogens is 1. The summed E-state index contributed by atoms with van der Waals surface area (Å²) in [5.41, 5.74) is 0.201. The van der Waals surface area contributed by atoms with Crippen LogP contribution in [0.3, 0.4) is 0 Å². The molecule has 1 aromatic heterocycles. The largest absolute Gasteiger partial charge is 0.364 e. The maximum atomic E-state index is 11.0. The van der Waals surface area contributed by atoms with Crippen LogP contribution in [0.4, 0.5) is 11.5 Å². The molecule has 0 radical (unpaired) electrons. The molecule has 1 heterocycles. The second kappa shape index (κ2) is 5.74. The second-order valence-corrected chi connectivity index (χ2v) is 5.63. The van der Waals surface area contributed by atoms with Gasteiger partial charge in [-0.1, -0.05) is 31.4 Å². The van der Waals surface area contributed by atoms with E-state index in [4.69, 9.17) is 11.6 Å². The van der Waals surface area contributed by atoms with Crippen molar-refractivity contribution >= 4 is 23.1 Å². The Hall–Kier alpha value is -1.36. The number of anilines is 1. The number of rotatable bonds is 5. The molecule has 6 heteroatoms. The van der Waals surface area contributed by atoms with Crippen LogP contribution >= 0.6 is 11.6 Å². The van der Waals surface area contributed by atoms with E-state index >= 15 is 0 Å². The van der Waals surface area contributed by atoms with E-state index in [0.717, 1.165) is 13.0 Å². The Labute approximate surface area is 117 Å². The molecular weight excluding hydrogens is 266 g/mol. The second-order valence-electron chi connectivity index (χ2n) is 5.19. The number of halogens is 1. The van der Waals surface area contributed by atoms with Crippen LogP contribution in [0.1, 0.15) is 39.0 Å². The Bertz CT molecular complexity index is 473. The summed E-state index contributed by atoms with van der Waals surface area (Å²) in [6, 6.07) is 1.34. The molecule has 1 aromatic rings. The van der Waals surface area contributed by atoms with Gasteiger partial charge in [0.1, 0.15) is 0 Å². The number of nitrogens with zero attached hydrogens (tertiary/aromatic N) is 2. The van der Waals surface area contributed by atoms with Gasteiger partial charge in [-0.25, -0.2) is 4.98 Å². The molecule has 5 nitrogen and oxygen atoms in total. The van der Waals surface area contributed by atoms with Gasteiger partial charge in [0.25, 0.3) is 0 Å². The van der Waals surface area contributed by atoms with Crippen LogP contribution in [0.15, 0.2) is 12.3 Å². The first kappa shape index (κ1) is 14.1. The average molecular weight is 284 g/mol. The fourth-order valence-corrected chi connectivity index (χ4v) is 2.91. The van der Waals surface area contributed by atoms with Gasteiger partial charge in [-0.05, 0) is 24.7 Å². The van der Waals surface area contributed by atoms with Gasteiger partial charge in [-0.3, -0.25) is 10.1 Å². The molecule has 104 valence electrons. The van der Waals surface area contributed by atoms with Crippen LogP contribution < -0.4 is 5.32 Å². The Balaban J connectivity index is 2.13. The molecular formula is C13H18ClN3O2. The summed E-state index contributed by atoms with van der Waals surface area (Å²) in [6.45, 7) is 2.91. The Kier molecular flexibility index (Phi) is 4.24. The third-order valence-electron chi connectivity index (χ3n) is 4.08. The molecule has 1 fully saturated rings. The molecule has 19 heavy (non-hydrogen) atoms. The molecule has 1 N–H and O–H groups in total. The van der Waals surface area contributed by atoms with E-state index in [1.165, 1.54) is 37.9 Å². The normalized spacial score (nSPS) is 17.4. The van der Waals surface area contributed by atoms with Crippen molar-refractivity contribution in [1.29, 1.82) is 0 Å². The van der Waals surface area contributed by atoms with Crippen molar-refractivity contribution in [3.05, 3.63) is 27.4 Å². The summed E-state index contributed by atoms with van der Waals surface area (Å²) in [6.07, 6.45) is 7.36. The monoisotopic (exact) mass is 283 g/mol. The van der Waals surface area contributed by atoms with Crippen LogP contribution in [-0.2, 0) is 0 Å². The molecule has 0 aliphatic heterocycles. The topological polar surface area (TPSA) is 68.1 Å². The summed E-state index contributed by atoms with van der Waals surface area (Å²) in [4.78, 5) is 14.6. The highest BCUT2D eigenvalue weighted by Gasteiger charge is 2.32. The third kappa shape index (κ3) is 3.15. The predicted octanol–water partition coefficient (Wildman–Crippen LogP) is 4.03. The first-order chi connectivity index (χ1) is 9.06. The van der Waals surface area contributed by atoms with Crippen molar-refractivity contribution in [3.8, 4) is 0 Å². The highest BCUT2D eigenvalue weighted by atomic mass is 35.5. The quantitative estimate of drug-likeness (QED) is 0.654. The Morgan fingerprint density at radius 3 is 2.79 bits per heavy atom. The number of pyridine rings is 1. The lowest BCUT2D eigenvalue weighted by Gasteiger charge is -2.27. The van der Waals surface area contributed by atoms with Gasteiger partial charge < -0.3 is 5.32 Å². The smallest absolute Gasteiger partial charge is 0.312 e. The number of nitrogens with one attached hydrogen (secondary N) is 1. The maximum Gasteiger partial charge on any atom is 0.312 e. The zero-order valence-electron chi connectivity index (χ0n) is 11.0. The molecule has 0 bridgehead atoms. The van der Waals surface area contributed by atoms with Crippen LogP contribution in [0.25, 0.3) is 0 Å². The van der Waals surface area contributed by atoms with Crippen molar-refractivity contribution in [3.63, 3.8) is 0 Å². The zero-order chi connectivity index (χ0) is 13.9. The lowest BCUT2D eigenvalue weighted by atomic mass is 9.83. The molecule has 0 aromatic carbocycles. The molecule has 0 amide bonds. The van der Waals surface area contributed by atoms with Gasteiger partial charge in [-0.15, -0.1) is 0 Å². The van der Waals surface area contributed by atoms with Gasteiger partial charge in [0.15, 0.2) is 0 Å². The first-order valence-electron chi connectivity index (χ1n) is 6.60. The first-order valence-corrected chi connectivity index (χ1v) is 6.98. The van der Waals surface area contributed by atoms with Crippen molar-refractivity contribution < 1.29 is 4.92 Å². The van der Waals surface area contributed by atoms with E-state index in [1.54, 1.807) is 0 Å². The minimum atomic E-state index is -0.450. The third-order valence-corrected chi connectivity index (χ3v) is 4.28. The van der Waals surface area contributed by atoms with Crippen LogP contribution in [0.5, 0.6) is 0 Å². The molecule has 0 saturated heterocycles.